The van der Waals surface area contributed by atoms with Gasteiger partial charge in [0.1, 0.15) is 0 Å². The highest BCUT2D eigenvalue weighted by Crippen LogP contribution is 2.33. The van der Waals surface area contributed by atoms with Gasteiger partial charge in [0.05, 0.1) is 8.66 Å². The molecule has 0 aliphatic carbocycles. The number of hydrogen-bond acceptors (Lipinski definition) is 5. The molecule has 0 radical (unpaired) electrons. The van der Waals surface area contributed by atoms with Gasteiger partial charge in [-0.3, -0.25) is 0 Å². The van der Waals surface area contributed by atoms with Crippen molar-refractivity contribution in [2.45, 2.75) is 12.1 Å². The van der Waals surface area contributed by atoms with E-state index in [0.717, 1.165) is 14.2 Å². The van der Waals surface area contributed by atoms with Gasteiger partial charge in [-0.25, -0.2) is 13.5 Å². The van der Waals surface area contributed by atoms with Gasteiger partial charge in [-0.05, 0) is 34.5 Å². The van der Waals surface area contributed by atoms with Gasteiger partial charge >= 0.3 is 0 Å². The first kappa shape index (κ1) is 12.0. The number of rotatable bonds is 2. The minimum atomic E-state index is -3.86. The first-order chi connectivity index (χ1) is 7.38. The van der Waals surface area contributed by atoms with Crippen LogP contribution in [0.1, 0.15) is 5.56 Å². The molecule has 0 aromatic carbocycles. The molecule has 0 amide bonds. The van der Waals surface area contributed by atoms with E-state index in [4.69, 9.17) is 10.7 Å². The fourth-order valence-corrected chi connectivity index (χ4v) is 3.06. The van der Waals surface area contributed by atoms with E-state index in [1.807, 2.05) is 13.0 Å². The zero-order chi connectivity index (χ0) is 11.9. The molecule has 86 valence electrons. The summed E-state index contributed by atoms with van der Waals surface area (Å²) >= 11 is 4.79. The third-order valence-corrected chi connectivity index (χ3v) is 4.99. The van der Waals surface area contributed by atoms with Crippen molar-refractivity contribution in [2.24, 2.45) is 0 Å². The minimum absolute atomic E-state index is 0.318. The fraction of sp³-hybridized carbons (Fsp3) is 0.143. The third kappa shape index (κ3) is 2.29. The fourth-order valence-electron chi connectivity index (χ4n) is 1.04. The maximum absolute atomic E-state index is 11.0. The summed E-state index contributed by atoms with van der Waals surface area (Å²) in [4.78, 5) is 4.58. The topological polar surface area (TPSA) is 75.7 Å². The summed E-state index contributed by atoms with van der Waals surface area (Å²) in [5.41, 5.74) is 1.04. The van der Waals surface area contributed by atoms with Crippen LogP contribution < -0.4 is 0 Å². The molecule has 0 saturated carbocycles. The Balaban J connectivity index is 2.47. The van der Waals surface area contributed by atoms with E-state index in [9.17, 15) is 8.42 Å². The van der Waals surface area contributed by atoms with Gasteiger partial charge in [-0.1, -0.05) is 0 Å². The van der Waals surface area contributed by atoms with E-state index < -0.39 is 9.05 Å². The standard InChI is InChI=1S/C7H5BrClN3O2S2/c1-3-2-4(15-5(3)8)6-10-7(12-11-6)16(9,13)14/h2H,1H3,(H,10,11,12). The van der Waals surface area contributed by atoms with Crippen molar-refractivity contribution in [1.82, 2.24) is 15.2 Å². The second-order valence-electron chi connectivity index (χ2n) is 2.97. The molecule has 5 nitrogen and oxygen atoms in total. The van der Waals surface area contributed by atoms with Crippen LogP contribution in [0.25, 0.3) is 10.7 Å². The Hall–Kier alpha value is -0.440. The van der Waals surface area contributed by atoms with Crippen molar-refractivity contribution in [2.75, 3.05) is 0 Å². The Morgan fingerprint density at radius 1 is 1.56 bits per heavy atom. The second kappa shape index (κ2) is 4.10. The zero-order valence-electron chi connectivity index (χ0n) is 7.86. The van der Waals surface area contributed by atoms with Crippen LogP contribution in [0.5, 0.6) is 0 Å². The smallest absolute Gasteiger partial charge is 0.248 e. The Morgan fingerprint density at radius 2 is 2.25 bits per heavy atom. The van der Waals surface area contributed by atoms with Gasteiger partial charge in [-0.15, -0.1) is 11.3 Å². The predicted molar refractivity (Wildman–Crippen MR) is 65.2 cm³/mol. The van der Waals surface area contributed by atoms with Gasteiger partial charge < -0.3 is 0 Å². The lowest BCUT2D eigenvalue weighted by atomic mass is 10.3. The van der Waals surface area contributed by atoms with Crippen molar-refractivity contribution >= 4 is 47.0 Å². The average Bonchev–Trinajstić information content (AvgIpc) is 2.73. The Bertz CT molecular complexity index is 614. The molecule has 2 heterocycles. The quantitative estimate of drug-likeness (QED) is 0.851. The molecular formula is C7H5BrClN3O2S2. The summed E-state index contributed by atoms with van der Waals surface area (Å²) in [6.45, 7) is 1.93. The molecule has 0 bridgehead atoms. The van der Waals surface area contributed by atoms with Gasteiger partial charge in [0.2, 0.25) is 0 Å². The van der Waals surface area contributed by atoms with Crippen LogP contribution in [0, 0.1) is 6.92 Å². The van der Waals surface area contributed by atoms with Crippen LogP contribution in [0.4, 0.5) is 0 Å². The molecule has 16 heavy (non-hydrogen) atoms. The molecule has 0 unspecified atom stereocenters. The number of hydrogen-bond donors (Lipinski definition) is 1. The van der Waals surface area contributed by atoms with Crippen molar-refractivity contribution in [3.63, 3.8) is 0 Å². The number of aryl methyl sites for hydroxylation is 1. The zero-order valence-corrected chi connectivity index (χ0v) is 11.8. The monoisotopic (exact) mass is 341 g/mol. The number of aromatic amines is 1. The average molecular weight is 343 g/mol. The third-order valence-electron chi connectivity index (χ3n) is 1.77. The van der Waals surface area contributed by atoms with Crippen LogP contribution in [0.3, 0.4) is 0 Å². The van der Waals surface area contributed by atoms with Crippen LogP contribution >= 0.6 is 37.9 Å². The molecule has 1 N–H and O–H groups in total. The molecule has 2 aromatic heterocycles. The van der Waals surface area contributed by atoms with E-state index >= 15 is 0 Å². The highest BCUT2D eigenvalue weighted by atomic mass is 79.9. The lowest BCUT2D eigenvalue weighted by Gasteiger charge is -1.85. The van der Waals surface area contributed by atoms with Gasteiger partial charge in [-0.2, -0.15) is 10.1 Å². The highest BCUT2D eigenvalue weighted by molar-refractivity contribution is 9.11. The van der Waals surface area contributed by atoms with Gasteiger partial charge in [0, 0.05) is 10.7 Å². The summed E-state index contributed by atoms with van der Waals surface area (Å²) < 4.78 is 22.9. The molecule has 0 saturated heterocycles. The number of halogens is 2. The normalized spacial score (nSPS) is 11.9. The van der Waals surface area contributed by atoms with Crippen molar-refractivity contribution in [3.8, 4) is 10.7 Å². The lowest BCUT2D eigenvalue weighted by molar-refractivity contribution is 0.602. The maximum Gasteiger partial charge on any atom is 0.296 e. The molecule has 0 aliphatic rings. The SMILES string of the molecule is Cc1cc(-c2n[nH]c(S(=O)(=O)Cl)n2)sc1Br. The van der Waals surface area contributed by atoms with E-state index in [0.29, 0.717) is 5.82 Å². The van der Waals surface area contributed by atoms with Crippen LogP contribution in [0.2, 0.25) is 0 Å². The largest absolute Gasteiger partial charge is 0.296 e. The maximum atomic E-state index is 11.0. The summed E-state index contributed by atoms with van der Waals surface area (Å²) in [6, 6.07) is 1.86. The Kier molecular flexibility index (Phi) is 3.08. The van der Waals surface area contributed by atoms with Crippen molar-refractivity contribution in [3.05, 3.63) is 15.4 Å². The number of nitrogens with zero attached hydrogens (tertiary/aromatic N) is 2. The number of nitrogens with one attached hydrogen (secondary N) is 1. The number of thiophene rings is 1. The second-order valence-corrected chi connectivity index (χ2v) is 7.82. The lowest BCUT2D eigenvalue weighted by Crippen LogP contribution is -1.92. The molecular weight excluding hydrogens is 338 g/mol. The molecule has 0 spiro atoms. The summed E-state index contributed by atoms with van der Waals surface area (Å²) in [6.07, 6.45) is 0. The van der Waals surface area contributed by atoms with Crippen molar-refractivity contribution < 1.29 is 8.42 Å². The summed E-state index contributed by atoms with van der Waals surface area (Å²) in [5, 5.41) is 5.74. The number of aromatic nitrogens is 3. The summed E-state index contributed by atoms with van der Waals surface area (Å²) in [7, 11) is 1.27. The van der Waals surface area contributed by atoms with E-state index in [1.54, 1.807) is 0 Å². The molecule has 0 atom stereocenters. The van der Waals surface area contributed by atoms with E-state index in [2.05, 4.69) is 31.1 Å². The molecule has 2 aromatic rings. The highest BCUT2D eigenvalue weighted by Gasteiger charge is 2.18. The van der Waals surface area contributed by atoms with Gasteiger partial charge in [0.15, 0.2) is 5.82 Å². The molecule has 0 aliphatic heterocycles. The van der Waals surface area contributed by atoms with Crippen LogP contribution in [-0.4, -0.2) is 23.6 Å². The molecule has 9 heteroatoms. The molecule has 0 fully saturated rings. The first-order valence-corrected chi connectivity index (χ1v) is 7.93. The minimum Gasteiger partial charge on any atom is -0.248 e. The Morgan fingerprint density at radius 3 is 2.69 bits per heavy atom. The first-order valence-electron chi connectivity index (χ1n) is 4.01. The van der Waals surface area contributed by atoms with Crippen LogP contribution in [-0.2, 0) is 9.05 Å². The summed E-state index contributed by atoms with van der Waals surface area (Å²) in [5.74, 6) is 0.318. The van der Waals surface area contributed by atoms with Gasteiger partial charge in [0.25, 0.3) is 14.2 Å². The molecule has 2 rings (SSSR count). The van der Waals surface area contributed by atoms with E-state index in [-0.39, 0.29) is 5.16 Å². The Labute approximate surface area is 108 Å². The van der Waals surface area contributed by atoms with Crippen molar-refractivity contribution in [1.29, 1.82) is 0 Å². The predicted octanol–water partition coefficient (Wildman–Crippen LogP) is 2.53. The number of H-pyrrole nitrogens is 1. The van der Waals surface area contributed by atoms with Crippen LogP contribution in [0.15, 0.2) is 15.0 Å². The van der Waals surface area contributed by atoms with E-state index in [1.165, 1.54) is 11.3 Å².